The first kappa shape index (κ1) is 14.2. The average molecular weight is 361 g/mol. The minimum Gasteiger partial charge on any atom is -0.508 e. The molecule has 0 unspecified atom stereocenters. The maximum absolute atomic E-state index is 12.1. The van der Waals surface area contributed by atoms with E-state index in [9.17, 15) is 9.90 Å². The Morgan fingerprint density at radius 3 is 2.53 bits per heavy atom. The molecule has 0 fully saturated rings. The van der Waals surface area contributed by atoms with Gasteiger partial charge in [0.05, 0.1) is 21.3 Å². The zero-order chi connectivity index (χ0) is 14.0. The summed E-state index contributed by atoms with van der Waals surface area (Å²) < 4.78 is 0.786. The van der Waals surface area contributed by atoms with Crippen molar-refractivity contribution in [2.75, 3.05) is 5.32 Å². The number of rotatable bonds is 2. The smallest absolute Gasteiger partial charge is 0.257 e. The van der Waals surface area contributed by atoms with Gasteiger partial charge in [0, 0.05) is 4.47 Å². The molecule has 2 aromatic carbocycles. The highest BCUT2D eigenvalue weighted by Gasteiger charge is 2.13. The highest BCUT2D eigenvalue weighted by molar-refractivity contribution is 9.10. The lowest BCUT2D eigenvalue weighted by Crippen LogP contribution is -2.12. The predicted octanol–water partition coefficient (Wildman–Crippen LogP) is 4.71. The lowest BCUT2D eigenvalue weighted by molar-refractivity contribution is 0.102. The monoisotopic (exact) mass is 359 g/mol. The van der Waals surface area contributed by atoms with Crippen LogP contribution >= 0.6 is 39.1 Å². The number of hydrogen-bond acceptors (Lipinski definition) is 2. The number of carbonyl (C=O) groups excluding carboxylic acids is 1. The van der Waals surface area contributed by atoms with Crippen LogP contribution in [0, 0.1) is 0 Å². The van der Waals surface area contributed by atoms with Crippen LogP contribution in [0.1, 0.15) is 10.4 Å². The van der Waals surface area contributed by atoms with Crippen LogP contribution in [0.2, 0.25) is 10.0 Å². The number of aromatic hydroxyl groups is 1. The Bertz CT molecular complexity index is 647. The summed E-state index contributed by atoms with van der Waals surface area (Å²) in [5, 5.41) is 12.7. The Morgan fingerprint density at radius 2 is 1.79 bits per heavy atom. The van der Waals surface area contributed by atoms with E-state index in [-0.39, 0.29) is 16.3 Å². The number of carbonyl (C=O) groups is 1. The molecule has 0 heterocycles. The lowest BCUT2D eigenvalue weighted by atomic mass is 10.2. The zero-order valence-electron chi connectivity index (χ0n) is 9.45. The molecule has 1 amide bonds. The van der Waals surface area contributed by atoms with Gasteiger partial charge in [0.1, 0.15) is 5.75 Å². The Kier molecular flexibility index (Phi) is 4.34. The van der Waals surface area contributed by atoms with Gasteiger partial charge in [0.25, 0.3) is 5.91 Å². The summed E-state index contributed by atoms with van der Waals surface area (Å²) in [6.07, 6.45) is 0. The third kappa shape index (κ3) is 3.41. The van der Waals surface area contributed by atoms with Gasteiger partial charge in [-0.25, -0.2) is 0 Å². The van der Waals surface area contributed by atoms with Crippen LogP contribution in [-0.4, -0.2) is 11.0 Å². The van der Waals surface area contributed by atoms with E-state index in [0.717, 1.165) is 4.47 Å². The van der Waals surface area contributed by atoms with Gasteiger partial charge in [-0.1, -0.05) is 39.1 Å². The summed E-state index contributed by atoms with van der Waals surface area (Å²) in [6, 6.07) is 9.25. The minimum absolute atomic E-state index is 0.0325. The topological polar surface area (TPSA) is 49.3 Å². The van der Waals surface area contributed by atoms with Crippen LogP contribution < -0.4 is 5.32 Å². The zero-order valence-corrected chi connectivity index (χ0v) is 12.6. The fourth-order valence-electron chi connectivity index (χ4n) is 1.47. The van der Waals surface area contributed by atoms with Gasteiger partial charge in [-0.2, -0.15) is 0 Å². The molecular weight excluding hydrogens is 353 g/mol. The van der Waals surface area contributed by atoms with Gasteiger partial charge < -0.3 is 10.4 Å². The van der Waals surface area contributed by atoms with E-state index >= 15 is 0 Å². The molecule has 0 saturated carbocycles. The van der Waals surface area contributed by atoms with Crippen molar-refractivity contribution in [3.63, 3.8) is 0 Å². The third-order valence-electron chi connectivity index (χ3n) is 2.37. The summed E-state index contributed by atoms with van der Waals surface area (Å²) in [4.78, 5) is 12.1. The van der Waals surface area contributed by atoms with E-state index in [4.69, 9.17) is 23.2 Å². The molecule has 0 aliphatic carbocycles. The molecular formula is C13H8BrCl2NO2. The number of halogens is 3. The van der Waals surface area contributed by atoms with Gasteiger partial charge in [-0.3, -0.25) is 4.79 Å². The molecule has 98 valence electrons. The fourth-order valence-corrected chi connectivity index (χ4v) is 2.20. The second kappa shape index (κ2) is 5.82. The molecule has 0 atom stereocenters. The number of benzene rings is 2. The molecule has 0 bridgehead atoms. The van der Waals surface area contributed by atoms with Crippen molar-refractivity contribution in [2.24, 2.45) is 0 Å². The van der Waals surface area contributed by atoms with Gasteiger partial charge in [0.15, 0.2) is 0 Å². The SMILES string of the molecule is O=C(Nc1cc(Br)ccc1Cl)c1cc(O)ccc1Cl. The molecule has 6 heteroatoms. The summed E-state index contributed by atoms with van der Waals surface area (Å²) in [5.41, 5.74) is 0.637. The van der Waals surface area contributed by atoms with E-state index in [1.54, 1.807) is 18.2 Å². The fraction of sp³-hybridized carbons (Fsp3) is 0. The average Bonchev–Trinajstić information content (AvgIpc) is 2.36. The molecule has 3 nitrogen and oxygen atoms in total. The van der Waals surface area contributed by atoms with E-state index in [0.29, 0.717) is 10.7 Å². The maximum Gasteiger partial charge on any atom is 0.257 e. The van der Waals surface area contributed by atoms with E-state index in [1.165, 1.54) is 18.2 Å². The first-order valence-electron chi connectivity index (χ1n) is 5.22. The molecule has 2 rings (SSSR count). The number of phenols is 1. The molecule has 0 radical (unpaired) electrons. The van der Waals surface area contributed by atoms with Crippen LogP contribution in [0.15, 0.2) is 40.9 Å². The number of hydrogen-bond donors (Lipinski definition) is 2. The first-order valence-corrected chi connectivity index (χ1v) is 6.77. The van der Waals surface area contributed by atoms with Gasteiger partial charge in [-0.05, 0) is 36.4 Å². The summed E-state index contributed by atoms with van der Waals surface area (Å²) >= 11 is 15.2. The number of phenolic OH excluding ortho intramolecular Hbond substituents is 1. The maximum atomic E-state index is 12.1. The molecule has 0 saturated heterocycles. The van der Waals surface area contributed by atoms with Crippen LogP contribution in [-0.2, 0) is 0 Å². The second-order valence-corrected chi connectivity index (χ2v) is 5.47. The number of anilines is 1. The summed E-state index contributed by atoms with van der Waals surface area (Å²) in [6.45, 7) is 0. The summed E-state index contributed by atoms with van der Waals surface area (Å²) in [5.74, 6) is -0.476. The van der Waals surface area contributed by atoms with Crippen molar-refractivity contribution in [3.8, 4) is 5.75 Å². The normalized spacial score (nSPS) is 10.3. The largest absolute Gasteiger partial charge is 0.508 e. The van der Waals surface area contributed by atoms with E-state index < -0.39 is 5.91 Å². The van der Waals surface area contributed by atoms with Crippen molar-refractivity contribution < 1.29 is 9.90 Å². The van der Waals surface area contributed by atoms with Gasteiger partial charge >= 0.3 is 0 Å². The van der Waals surface area contributed by atoms with Crippen molar-refractivity contribution in [1.29, 1.82) is 0 Å². The first-order chi connectivity index (χ1) is 8.97. The predicted molar refractivity (Wildman–Crippen MR) is 80.2 cm³/mol. The van der Waals surface area contributed by atoms with Crippen molar-refractivity contribution in [1.82, 2.24) is 0 Å². The highest BCUT2D eigenvalue weighted by atomic mass is 79.9. The number of nitrogens with one attached hydrogen (secondary N) is 1. The second-order valence-electron chi connectivity index (χ2n) is 3.74. The molecule has 2 N–H and O–H groups in total. The van der Waals surface area contributed by atoms with E-state index in [2.05, 4.69) is 21.2 Å². The minimum atomic E-state index is -0.444. The van der Waals surface area contributed by atoms with E-state index in [1.807, 2.05) is 0 Å². The standard InChI is InChI=1S/C13H8BrCl2NO2/c14-7-1-3-11(16)12(5-7)17-13(19)9-6-8(18)2-4-10(9)15/h1-6,18H,(H,17,19). The van der Waals surface area contributed by atoms with Crippen molar-refractivity contribution >= 4 is 50.7 Å². The Labute approximate surface area is 128 Å². The van der Waals surface area contributed by atoms with Gasteiger partial charge in [0.2, 0.25) is 0 Å². The van der Waals surface area contributed by atoms with Crippen molar-refractivity contribution in [3.05, 3.63) is 56.5 Å². The molecule has 0 spiro atoms. The summed E-state index contributed by atoms with van der Waals surface area (Å²) in [7, 11) is 0. The third-order valence-corrected chi connectivity index (χ3v) is 3.52. The molecule has 19 heavy (non-hydrogen) atoms. The Morgan fingerprint density at radius 1 is 1.11 bits per heavy atom. The molecule has 0 aliphatic heterocycles. The van der Waals surface area contributed by atoms with Crippen LogP contribution in [0.25, 0.3) is 0 Å². The van der Waals surface area contributed by atoms with Gasteiger partial charge in [-0.15, -0.1) is 0 Å². The number of amides is 1. The highest BCUT2D eigenvalue weighted by Crippen LogP contribution is 2.27. The van der Waals surface area contributed by atoms with Crippen LogP contribution in [0.3, 0.4) is 0 Å². The van der Waals surface area contributed by atoms with Crippen LogP contribution in [0.5, 0.6) is 5.75 Å². The Hall–Kier alpha value is -1.23. The molecule has 0 aromatic heterocycles. The molecule has 0 aliphatic rings. The quantitative estimate of drug-likeness (QED) is 0.814. The van der Waals surface area contributed by atoms with Crippen molar-refractivity contribution in [2.45, 2.75) is 0 Å². The lowest BCUT2D eigenvalue weighted by Gasteiger charge is -2.09. The Balaban J connectivity index is 2.30. The molecule has 2 aromatic rings. The van der Waals surface area contributed by atoms with Crippen LogP contribution in [0.4, 0.5) is 5.69 Å².